The van der Waals surface area contributed by atoms with Gasteiger partial charge in [0, 0.05) is 27.7 Å². The fraction of sp³-hybridized carbons (Fsp3) is 0.136. The van der Waals surface area contributed by atoms with E-state index in [0.717, 1.165) is 33.5 Å². The molecule has 2 aromatic heterocycles. The van der Waals surface area contributed by atoms with E-state index in [4.69, 9.17) is 4.74 Å². The second kappa shape index (κ2) is 8.02. The highest BCUT2D eigenvalue weighted by Crippen LogP contribution is 2.28. The van der Waals surface area contributed by atoms with Crippen LogP contribution in [0.1, 0.15) is 28.7 Å². The minimum Gasteiger partial charge on any atom is -0.493 e. The number of rotatable bonds is 6. The predicted octanol–water partition coefficient (Wildman–Crippen LogP) is 4.03. The molecule has 2 heterocycles. The van der Waals surface area contributed by atoms with Gasteiger partial charge in [-0.3, -0.25) is 9.89 Å². The zero-order valence-corrected chi connectivity index (χ0v) is 16.2. The van der Waals surface area contributed by atoms with Crippen LogP contribution in [-0.4, -0.2) is 33.9 Å². The highest BCUT2D eigenvalue weighted by atomic mass is 16.5. The maximum atomic E-state index is 12.4. The van der Waals surface area contributed by atoms with Crippen molar-refractivity contribution in [2.24, 2.45) is 5.10 Å². The normalized spacial score (nSPS) is 11.2. The lowest BCUT2D eigenvalue weighted by Gasteiger charge is -2.07. The highest BCUT2D eigenvalue weighted by molar-refractivity contribution is 6.01. The number of carbonyl (C=O) groups excluding carboxylic acids is 1. The monoisotopic (exact) mass is 387 g/mol. The van der Waals surface area contributed by atoms with E-state index in [9.17, 15) is 4.79 Å². The van der Waals surface area contributed by atoms with Crippen molar-refractivity contribution in [2.45, 2.75) is 13.8 Å². The number of para-hydroxylation sites is 2. The fourth-order valence-electron chi connectivity index (χ4n) is 3.22. The van der Waals surface area contributed by atoms with Crippen molar-refractivity contribution in [2.75, 3.05) is 6.61 Å². The van der Waals surface area contributed by atoms with E-state index >= 15 is 0 Å². The molecule has 4 rings (SSSR count). The molecule has 4 aromatic rings. The highest BCUT2D eigenvalue weighted by Gasteiger charge is 2.13. The number of hydrazone groups is 1. The molecule has 0 saturated carbocycles. The Bertz CT molecular complexity index is 1190. The Morgan fingerprint density at radius 3 is 2.86 bits per heavy atom. The van der Waals surface area contributed by atoms with Gasteiger partial charge in [0.2, 0.25) is 0 Å². The van der Waals surface area contributed by atoms with Gasteiger partial charge in [0.05, 0.1) is 18.5 Å². The third-order valence-corrected chi connectivity index (χ3v) is 4.59. The van der Waals surface area contributed by atoms with Gasteiger partial charge in [-0.25, -0.2) is 5.43 Å². The van der Waals surface area contributed by atoms with Crippen molar-refractivity contribution in [1.82, 2.24) is 20.6 Å². The van der Waals surface area contributed by atoms with E-state index in [1.54, 1.807) is 12.3 Å². The summed E-state index contributed by atoms with van der Waals surface area (Å²) in [6.07, 6.45) is 1.65. The lowest BCUT2D eigenvalue weighted by atomic mass is 10.1. The number of benzene rings is 2. The zero-order chi connectivity index (χ0) is 20.2. The number of aromatic amines is 2. The number of nitrogens with zero attached hydrogens (tertiary/aromatic N) is 2. The molecule has 0 aliphatic carbocycles. The van der Waals surface area contributed by atoms with Crippen LogP contribution in [0.3, 0.4) is 0 Å². The fourth-order valence-corrected chi connectivity index (χ4v) is 3.22. The van der Waals surface area contributed by atoms with Crippen LogP contribution in [0.4, 0.5) is 0 Å². The summed E-state index contributed by atoms with van der Waals surface area (Å²) in [4.78, 5) is 15.7. The lowest BCUT2D eigenvalue weighted by molar-refractivity contribution is 0.0950. The van der Waals surface area contributed by atoms with Crippen molar-refractivity contribution in [1.29, 1.82) is 0 Å². The van der Waals surface area contributed by atoms with E-state index in [1.807, 2.05) is 62.4 Å². The molecule has 0 radical (unpaired) electrons. The zero-order valence-electron chi connectivity index (χ0n) is 16.2. The van der Waals surface area contributed by atoms with Gasteiger partial charge in [-0.2, -0.15) is 10.2 Å². The Morgan fingerprint density at radius 2 is 2.00 bits per heavy atom. The second-order valence-electron chi connectivity index (χ2n) is 6.50. The van der Waals surface area contributed by atoms with Crippen LogP contribution < -0.4 is 10.2 Å². The predicted molar refractivity (Wildman–Crippen MR) is 113 cm³/mol. The first-order valence-electron chi connectivity index (χ1n) is 9.35. The Balaban J connectivity index is 1.50. The number of hydrogen-bond donors (Lipinski definition) is 3. The molecule has 2 aromatic carbocycles. The van der Waals surface area contributed by atoms with Gasteiger partial charge in [-0.15, -0.1) is 0 Å². The molecule has 146 valence electrons. The second-order valence-corrected chi connectivity index (χ2v) is 6.50. The number of H-pyrrole nitrogens is 2. The van der Waals surface area contributed by atoms with Gasteiger partial charge in [0.15, 0.2) is 0 Å². The van der Waals surface area contributed by atoms with Crippen LogP contribution in [0.25, 0.3) is 22.2 Å². The molecule has 0 unspecified atom stereocenters. The number of amides is 1. The smallest absolute Gasteiger partial charge is 0.289 e. The molecule has 7 nitrogen and oxygen atoms in total. The number of fused-ring (bicyclic) bond motifs is 1. The minimum absolute atomic E-state index is 0.319. The average molecular weight is 387 g/mol. The van der Waals surface area contributed by atoms with Gasteiger partial charge < -0.3 is 9.72 Å². The number of ether oxygens (including phenoxy) is 1. The maximum absolute atomic E-state index is 12.4. The molecule has 0 spiro atoms. The minimum atomic E-state index is -0.369. The summed E-state index contributed by atoms with van der Waals surface area (Å²) in [5.74, 6) is 0.354. The van der Waals surface area contributed by atoms with Crippen LogP contribution in [0.5, 0.6) is 5.75 Å². The van der Waals surface area contributed by atoms with Crippen molar-refractivity contribution >= 4 is 23.0 Å². The van der Waals surface area contributed by atoms with Crippen molar-refractivity contribution < 1.29 is 9.53 Å². The van der Waals surface area contributed by atoms with E-state index in [0.29, 0.717) is 18.0 Å². The molecule has 7 heteroatoms. The Morgan fingerprint density at radius 1 is 1.21 bits per heavy atom. The van der Waals surface area contributed by atoms with Crippen LogP contribution in [0.15, 0.2) is 59.7 Å². The number of aromatic nitrogens is 3. The average Bonchev–Trinajstić information content (AvgIpc) is 3.34. The molecular weight excluding hydrogens is 366 g/mol. The first-order chi connectivity index (χ1) is 14.2. The van der Waals surface area contributed by atoms with E-state index in [2.05, 4.69) is 25.7 Å². The van der Waals surface area contributed by atoms with Gasteiger partial charge in [-0.05, 0) is 38.1 Å². The molecule has 0 atom stereocenters. The summed E-state index contributed by atoms with van der Waals surface area (Å²) in [6, 6.07) is 17.2. The number of aryl methyl sites for hydroxylation is 1. The van der Waals surface area contributed by atoms with Gasteiger partial charge >= 0.3 is 0 Å². The summed E-state index contributed by atoms with van der Waals surface area (Å²) in [5.41, 5.74) is 7.28. The Hall–Kier alpha value is -3.87. The molecule has 0 aliphatic heterocycles. The van der Waals surface area contributed by atoms with Crippen molar-refractivity contribution in [3.8, 4) is 17.0 Å². The first-order valence-corrected chi connectivity index (χ1v) is 9.35. The quantitative estimate of drug-likeness (QED) is 0.344. The van der Waals surface area contributed by atoms with Gasteiger partial charge in [-0.1, -0.05) is 30.3 Å². The molecule has 3 N–H and O–H groups in total. The standard InChI is InChI=1S/C22H21N5O2/c1-3-29-21-11-7-5-9-16(21)19-12-20(26-25-19)22(28)27-23-13-17-14(2)24-18-10-6-4-8-15(17)18/h4-13,24H,3H2,1-2H3,(H,25,26)(H,27,28). The first kappa shape index (κ1) is 18.5. The molecular formula is C22H21N5O2. The molecule has 0 aliphatic rings. The summed E-state index contributed by atoms with van der Waals surface area (Å²) >= 11 is 0. The number of hydrogen-bond acceptors (Lipinski definition) is 4. The summed E-state index contributed by atoms with van der Waals surface area (Å²) in [6.45, 7) is 4.45. The summed E-state index contributed by atoms with van der Waals surface area (Å²) in [7, 11) is 0. The molecule has 0 fully saturated rings. The van der Waals surface area contributed by atoms with E-state index in [1.165, 1.54) is 0 Å². The van der Waals surface area contributed by atoms with E-state index < -0.39 is 0 Å². The Labute approximate surface area is 167 Å². The molecule has 0 bridgehead atoms. The van der Waals surface area contributed by atoms with Crippen molar-refractivity contribution in [3.63, 3.8) is 0 Å². The largest absolute Gasteiger partial charge is 0.493 e. The maximum Gasteiger partial charge on any atom is 0.289 e. The van der Waals surface area contributed by atoms with Gasteiger partial charge in [0.1, 0.15) is 11.4 Å². The van der Waals surface area contributed by atoms with Crippen LogP contribution in [0, 0.1) is 6.92 Å². The molecule has 0 saturated heterocycles. The SMILES string of the molecule is CCOc1ccccc1-c1cc(C(=O)NN=Cc2c(C)[nH]c3ccccc23)[nH]n1. The van der Waals surface area contributed by atoms with Crippen LogP contribution in [-0.2, 0) is 0 Å². The third kappa shape index (κ3) is 3.75. The third-order valence-electron chi connectivity index (χ3n) is 4.59. The van der Waals surface area contributed by atoms with Crippen LogP contribution >= 0.6 is 0 Å². The number of nitrogens with one attached hydrogen (secondary N) is 3. The van der Waals surface area contributed by atoms with Crippen molar-refractivity contribution in [3.05, 3.63) is 71.5 Å². The topological polar surface area (TPSA) is 95.2 Å². The Kier molecular flexibility index (Phi) is 5.11. The summed E-state index contributed by atoms with van der Waals surface area (Å²) < 4.78 is 5.63. The van der Waals surface area contributed by atoms with E-state index in [-0.39, 0.29) is 5.91 Å². The number of carbonyl (C=O) groups is 1. The summed E-state index contributed by atoms with van der Waals surface area (Å²) in [5, 5.41) is 12.2. The van der Waals surface area contributed by atoms with Gasteiger partial charge in [0.25, 0.3) is 5.91 Å². The lowest BCUT2D eigenvalue weighted by Crippen LogP contribution is -2.18. The van der Waals surface area contributed by atoms with Crippen LogP contribution in [0.2, 0.25) is 0 Å². The molecule has 1 amide bonds. The molecule has 29 heavy (non-hydrogen) atoms.